The molecular weight excluding hydrogens is 250 g/mol. The number of ether oxygens (including phenoxy) is 1. The summed E-state index contributed by atoms with van der Waals surface area (Å²) < 4.78 is 5.95. The van der Waals surface area contributed by atoms with Gasteiger partial charge in [-0.05, 0) is 49.8 Å². The summed E-state index contributed by atoms with van der Waals surface area (Å²) in [5.41, 5.74) is 7.29. The summed E-state index contributed by atoms with van der Waals surface area (Å²) in [5, 5.41) is 0. The van der Waals surface area contributed by atoms with Gasteiger partial charge in [-0.15, -0.1) is 0 Å². The zero-order valence-electron chi connectivity index (χ0n) is 11.9. The van der Waals surface area contributed by atoms with Crippen LogP contribution in [-0.4, -0.2) is 26.0 Å². The summed E-state index contributed by atoms with van der Waals surface area (Å²) in [7, 11) is 0. The van der Waals surface area contributed by atoms with E-state index in [9.17, 15) is 4.79 Å². The van der Waals surface area contributed by atoms with Crippen LogP contribution < -0.4 is 9.64 Å². The van der Waals surface area contributed by atoms with Gasteiger partial charge in [-0.1, -0.05) is 0 Å². The van der Waals surface area contributed by atoms with Crippen LogP contribution in [-0.2, 0) is 17.6 Å². The van der Waals surface area contributed by atoms with Crippen molar-refractivity contribution in [2.75, 3.05) is 24.6 Å². The fraction of sp³-hybridized carbons (Fsp3) is 0.471. The Morgan fingerprint density at radius 2 is 2.05 bits per heavy atom. The molecule has 0 aliphatic carbocycles. The Morgan fingerprint density at radius 3 is 2.85 bits per heavy atom. The van der Waals surface area contributed by atoms with Crippen LogP contribution >= 0.6 is 0 Å². The van der Waals surface area contributed by atoms with Crippen LogP contribution in [0.3, 0.4) is 0 Å². The van der Waals surface area contributed by atoms with Crippen molar-refractivity contribution in [1.29, 1.82) is 0 Å². The Morgan fingerprint density at radius 1 is 1.25 bits per heavy atom. The van der Waals surface area contributed by atoms with E-state index in [-0.39, 0.29) is 0 Å². The third-order valence-electron chi connectivity index (χ3n) is 4.87. The second-order valence-electron chi connectivity index (χ2n) is 5.99. The zero-order chi connectivity index (χ0) is 13.7. The summed E-state index contributed by atoms with van der Waals surface area (Å²) >= 11 is 0. The molecule has 0 amide bonds. The van der Waals surface area contributed by atoms with Gasteiger partial charge < -0.3 is 9.64 Å². The maximum atomic E-state index is 11.1. The van der Waals surface area contributed by atoms with Crippen LogP contribution in [0.25, 0.3) is 5.57 Å². The van der Waals surface area contributed by atoms with Crippen molar-refractivity contribution in [3.63, 3.8) is 0 Å². The first-order chi connectivity index (χ1) is 9.79. The minimum atomic E-state index is 0.425. The quantitative estimate of drug-likeness (QED) is 0.734. The lowest BCUT2D eigenvalue weighted by Crippen LogP contribution is -2.35. The van der Waals surface area contributed by atoms with Crippen LogP contribution in [0, 0.1) is 0 Å². The average Bonchev–Trinajstić information content (AvgIpc) is 2.49. The smallest absolute Gasteiger partial charge is 0.149 e. The van der Waals surface area contributed by atoms with Crippen molar-refractivity contribution in [2.24, 2.45) is 0 Å². The third kappa shape index (κ3) is 1.55. The van der Waals surface area contributed by atoms with Crippen molar-refractivity contribution >= 4 is 17.5 Å². The number of carbonyl (C=O) groups excluding carboxylic acids is 1. The van der Waals surface area contributed by atoms with Crippen LogP contribution in [0.15, 0.2) is 11.6 Å². The predicted octanol–water partition coefficient (Wildman–Crippen LogP) is 2.75. The highest BCUT2D eigenvalue weighted by atomic mass is 16.5. The van der Waals surface area contributed by atoms with Crippen LogP contribution in [0.1, 0.15) is 36.5 Å². The first kappa shape index (κ1) is 12.0. The molecule has 20 heavy (non-hydrogen) atoms. The molecule has 0 fully saturated rings. The van der Waals surface area contributed by atoms with Crippen molar-refractivity contribution in [2.45, 2.75) is 32.6 Å². The number of carbonyl (C=O) groups is 1. The van der Waals surface area contributed by atoms with Gasteiger partial charge in [-0.25, -0.2) is 0 Å². The lowest BCUT2D eigenvalue weighted by atomic mass is 9.86. The molecule has 104 valence electrons. The molecule has 3 aliphatic heterocycles. The lowest BCUT2D eigenvalue weighted by Gasteiger charge is -2.39. The van der Waals surface area contributed by atoms with Gasteiger partial charge in [0.15, 0.2) is 0 Å². The van der Waals surface area contributed by atoms with Crippen molar-refractivity contribution in [1.82, 2.24) is 0 Å². The molecular formula is C17H19NO2. The van der Waals surface area contributed by atoms with Gasteiger partial charge in [0, 0.05) is 35.5 Å². The molecule has 0 N–H and O–H groups in total. The van der Waals surface area contributed by atoms with Gasteiger partial charge >= 0.3 is 0 Å². The van der Waals surface area contributed by atoms with Gasteiger partial charge in [-0.2, -0.15) is 0 Å². The first-order valence-electron chi connectivity index (χ1n) is 7.51. The van der Waals surface area contributed by atoms with E-state index < -0.39 is 0 Å². The summed E-state index contributed by atoms with van der Waals surface area (Å²) in [6.45, 7) is 4.82. The summed E-state index contributed by atoms with van der Waals surface area (Å²) in [4.78, 5) is 13.7. The standard InChI is InChI=1S/C17H19NO2/c1-11-13(9-19)10-20-17-14-5-3-7-18-6-2-4-12(16(14)18)8-15(11)17/h8-9H,2-7,10H2,1H3. The number of hydrogen-bond acceptors (Lipinski definition) is 3. The Balaban J connectivity index is 1.98. The topological polar surface area (TPSA) is 29.5 Å². The monoisotopic (exact) mass is 269 g/mol. The number of hydrogen-bond donors (Lipinski definition) is 0. The number of allylic oxidation sites excluding steroid dienone is 1. The molecule has 0 unspecified atom stereocenters. The number of aldehydes is 1. The minimum absolute atomic E-state index is 0.425. The van der Waals surface area contributed by atoms with E-state index in [0.29, 0.717) is 6.61 Å². The van der Waals surface area contributed by atoms with Gasteiger partial charge in [0.1, 0.15) is 18.6 Å². The van der Waals surface area contributed by atoms with Crippen LogP contribution in [0.4, 0.5) is 5.69 Å². The maximum absolute atomic E-state index is 11.1. The number of nitrogens with zero attached hydrogens (tertiary/aromatic N) is 1. The fourth-order valence-corrected chi connectivity index (χ4v) is 3.83. The highest BCUT2D eigenvalue weighted by Gasteiger charge is 2.30. The van der Waals surface area contributed by atoms with E-state index >= 15 is 0 Å². The van der Waals surface area contributed by atoms with Crippen LogP contribution in [0.2, 0.25) is 0 Å². The Labute approximate surface area is 119 Å². The zero-order valence-corrected chi connectivity index (χ0v) is 11.9. The van der Waals surface area contributed by atoms with Crippen LogP contribution in [0.5, 0.6) is 5.75 Å². The maximum Gasteiger partial charge on any atom is 0.149 e. The minimum Gasteiger partial charge on any atom is -0.488 e. The Bertz CT molecular complexity index is 628. The van der Waals surface area contributed by atoms with E-state index in [0.717, 1.165) is 41.6 Å². The fourth-order valence-electron chi connectivity index (χ4n) is 3.83. The molecule has 1 aromatic rings. The van der Waals surface area contributed by atoms with E-state index in [1.165, 1.54) is 42.7 Å². The molecule has 0 aromatic heterocycles. The van der Waals surface area contributed by atoms with Gasteiger partial charge in [-0.3, -0.25) is 4.79 Å². The molecule has 3 nitrogen and oxygen atoms in total. The van der Waals surface area contributed by atoms with Crippen molar-refractivity contribution in [3.8, 4) is 5.75 Å². The normalized spacial score (nSPS) is 20.1. The van der Waals surface area contributed by atoms with Gasteiger partial charge in [0.25, 0.3) is 0 Å². The molecule has 0 saturated carbocycles. The van der Waals surface area contributed by atoms with Gasteiger partial charge in [0.05, 0.1) is 0 Å². The van der Waals surface area contributed by atoms with Crippen molar-refractivity contribution in [3.05, 3.63) is 28.3 Å². The molecule has 3 heteroatoms. The highest BCUT2D eigenvalue weighted by Crippen LogP contribution is 2.46. The van der Waals surface area contributed by atoms with E-state index in [2.05, 4.69) is 11.0 Å². The lowest BCUT2D eigenvalue weighted by molar-refractivity contribution is -0.105. The van der Waals surface area contributed by atoms with Gasteiger partial charge in [0.2, 0.25) is 0 Å². The number of anilines is 1. The molecule has 3 heterocycles. The molecule has 0 spiro atoms. The SMILES string of the molecule is CC1=C(C=O)COc2c1cc1c3c2CCCN3CCC1. The second kappa shape index (κ2) is 4.37. The Hall–Kier alpha value is -1.77. The molecule has 3 aliphatic rings. The van der Waals surface area contributed by atoms with E-state index in [4.69, 9.17) is 4.74 Å². The summed E-state index contributed by atoms with van der Waals surface area (Å²) in [6.07, 6.45) is 5.63. The first-order valence-corrected chi connectivity index (χ1v) is 7.51. The molecule has 0 bridgehead atoms. The second-order valence-corrected chi connectivity index (χ2v) is 5.99. The average molecular weight is 269 g/mol. The number of aryl methyl sites for hydroxylation is 1. The third-order valence-corrected chi connectivity index (χ3v) is 4.87. The Kier molecular flexibility index (Phi) is 2.62. The van der Waals surface area contributed by atoms with Crippen molar-refractivity contribution < 1.29 is 9.53 Å². The number of rotatable bonds is 1. The number of fused-ring (bicyclic) bond motifs is 2. The molecule has 1 aromatic carbocycles. The molecule has 0 saturated heterocycles. The molecule has 0 atom stereocenters. The highest BCUT2D eigenvalue weighted by molar-refractivity contribution is 5.92. The van der Waals surface area contributed by atoms with E-state index in [1.54, 1.807) is 0 Å². The predicted molar refractivity (Wildman–Crippen MR) is 79.5 cm³/mol. The molecule has 0 radical (unpaired) electrons. The summed E-state index contributed by atoms with van der Waals surface area (Å²) in [6, 6.07) is 2.27. The van der Waals surface area contributed by atoms with E-state index in [1.807, 2.05) is 6.92 Å². The largest absolute Gasteiger partial charge is 0.488 e. The number of benzene rings is 1. The molecule has 4 rings (SSSR count). The summed E-state index contributed by atoms with van der Waals surface area (Å²) in [5.74, 6) is 1.04.